The maximum Gasteiger partial charge on any atom is 0.160 e. The molecule has 1 aliphatic heterocycles. The van der Waals surface area contributed by atoms with Crippen LogP contribution in [0.2, 0.25) is 0 Å². The van der Waals surface area contributed by atoms with Gasteiger partial charge in [-0.25, -0.2) is 4.39 Å². The fourth-order valence-electron chi connectivity index (χ4n) is 3.54. The van der Waals surface area contributed by atoms with Crippen LogP contribution in [0.1, 0.15) is 24.8 Å². The normalized spacial score (nSPS) is 15.6. The quantitative estimate of drug-likeness (QED) is 0.751. The Labute approximate surface area is 160 Å². The van der Waals surface area contributed by atoms with Gasteiger partial charge in [-0.05, 0) is 86.7 Å². The van der Waals surface area contributed by atoms with Gasteiger partial charge >= 0.3 is 0 Å². The Balaban J connectivity index is 1.34. The average Bonchev–Trinajstić information content (AvgIpc) is 2.70. The van der Waals surface area contributed by atoms with Gasteiger partial charge in [-0.1, -0.05) is 6.07 Å². The second-order valence-electron chi connectivity index (χ2n) is 7.13. The van der Waals surface area contributed by atoms with E-state index in [2.05, 4.69) is 4.90 Å². The van der Waals surface area contributed by atoms with Crippen LogP contribution in [0.3, 0.4) is 0 Å². The van der Waals surface area contributed by atoms with Crippen molar-refractivity contribution in [3.63, 3.8) is 0 Å². The number of methoxy groups -OCH3 is 1. The van der Waals surface area contributed by atoms with Gasteiger partial charge in [0.2, 0.25) is 0 Å². The number of phenolic OH excluding ortho intramolecular Hbond substituents is 1. The number of likely N-dealkylation sites (tertiary alicyclic amines) is 1. The maximum atomic E-state index is 12.9. The molecule has 1 heterocycles. The van der Waals surface area contributed by atoms with Gasteiger partial charge in [0.25, 0.3) is 0 Å². The van der Waals surface area contributed by atoms with Gasteiger partial charge in [-0.15, -0.1) is 0 Å². The summed E-state index contributed by atoms with van der Waals surface area (Å²) in [6, 6.07) is 11.8. The summed E-state index contributed by atoms with van der Waals surface area (Å²) in [5, 5.41) is 9.67. The molecule has 1 aliphatic rings. The first-order valence-electron chi connectivity index (χ1n) is 9.60. The van der Waals surface area contributed by atoms with Gasteiger partial charge in [0.15, 0.2) is 11.5 Å². The predicted molar refractivity (Wildman–Crippen MR) is 104 cm³/mol. The molecule has 0 unspecified atom stereocenters. The van der Waals surface area contributed by atoms with Crippen LogP contribution in [0, 0.1) is 11.7 Å². The standard InChI is InChI=1S/C22H28FNO3/c1-26-22-16-18(2-7-21(22)25)10-14-24-12-8-17(9-13-24)11-15-27-20-5-3-19(23)4-6-20/h2-7,16-17,25H,8-15H2,1H3. The molecule has 146 valence electrons. The monoisotopic (exact) mass is 373 g/mol. The molecule has 1 saturated heterocycles. The Kier molecular flexibility index (Phi) is 6.93. The predicted octanol–water partition coefficient (Wildman–Crippen LogP) is 4.26. The van der Waals surface area contributed by atoms with Gasteiger partial charge < -0.3 is 19.5 Å². The molecule has 3 rings (SSSR count). The summed E-state index contributed by atoms with van der Waals surface area (Å²) in [6.45, 7) is 3.92. The molecular weight excluding hydrogens is 345 g/mol. The molecule has 1 fully saturated rings. The molecule has 2 aromatic rings. The SMILES string of the molecule is COc1cc(CCN2CCC(CCOc3ccc(F)cc3)CC2)ccc1O. The number of piperidine rings is 1. The van der Waals surface area contributed by atoms with E-state index < -0.39 is 0 Å². The molecule has 2 aromatic carbocycles. The molecule has 4 nitrogen and oxygen atoms in total. The number of nitrogens with zero attached hydrogens (tertiary/aromatic N) is 1. The zero-order valence-corrected chi connectivity index (χ0v) is 15.9. The minimum Gasteiger partial charge on any atom is -0.504 e. The highest BCUT2D eigenvalue weighted by molar-refractivity contribution is 5.41. The summed E-state index contributed by atoms with van der Waals surface area (Å²) in [5.74, 6) is 1.91. The van der Waals surface area contributed by atoms with Crippen LogP contribution < -0.4 is 9.47 Å². The van der Waals surface area contributed by atoms with Crippen LogP contribution in [0.4, 0.5) is 4.39 Å². The molecule has 0 bridgehead atoms. The molecule has 0 radical (unpaired) electrons. The number of phenols is 1. The van der Waals surface area contributed by atoms with Crippen LogP contribution in [0.15, 0.2) is 42.5 Å². The van der Waals surface area contributed by atoms with Crippen molar-refractivity contribution in [3.8, 4) is 17.2 Å². The van der Waals surface area contributed by atoms with Crippen molar-refractivity contribution in [1.29, 1.82) is 0 Å². The number of rotatable bonds is 8. The lowest BCUT2D eigenvalue weighted by atomic mass is 9.93. The summed E-state index contributed by atoms with van der Waals surface area (Å²) in [6.07, 6.45) is 4.37. The van der Waals surface area contributed by atoms with Crippen LogP contribution in [-0.4, -0.2) is 43.4 Å². The zero-order chi connectivity index (χ0) is 19.1. The van der Waals surface area contributed by atoms with Crippen molar-refractivity contribution in [2.24, 2.45) is 5.92 Å². The van der Waals surface area contributed by atoms with Crippen molar-refractivity contribution in [2.75, 3.05) is 33.4 Å². The highest BCUT2D eigenvalue weighted by Crippen LogP contribution is 2.27. The third-order valence-corrected chi connectivity index (χ3v) is 5.28. The summed E-state index contributed by atoms with van der Waals surface area (Å²) in [4.78, 5) is 2.50. The maximum absolute atomic E-state index is 12.9. The first-order chi connectivity index (χ1) is 13.1. The minimum absolute atomic E-state index is 0.185. The summed E-state index contributed by atoms with van der Waals surface area (Å²) in [7, 11) is 1.57. The van der Waals surface area contributed by atoms with Crippen molar-refractivity contribution in [1.82, 2.24) is 4.90 Å². The molecule has 0 aromatic heterocycles. The van der Waals surface area contributed by atoms with E-state index in [4.69, 9.17) is 9.47 Å². The van der Waals surface area contributed by atoms with Crippen LogP contribution in [-0.2, 0) is 6.42 Å². The smallest absolute Gasteiger partial charge is 0.160 e. The third-order valence-electron chi connectivity index (χ3n) is 5.28. The van der Waals surface area contributed by atoms with E-state index in [-0.39, 0.29) is 11.6 Å². The van der Waals surface area contributed by atoms with Crippen molar-refractivity contribution in [2.45, 2.75) is 25.7 Å². The number of benzene rings is 2. The number of aromatic hydroxyl groups is 1. The molecule has 0 saturated carbocycles. The van der Waals surface area contributed by atoms with Gasteiger partial charge in [-0.3, -0.25) is 0 Å². The van der Waals surface area contributed by atoms with Crippen molar-refractivity contribution in [3.05, 3.63) is 53.8 Å². The van der Waals surface area contributed by atoms with Crippen LogP contribution in [0.5, 0.6) is 17.2 Å². The fourth-order valence-corrected chi connectivity index (χ4v) is 3.54. The topological polar surface area (TPSA) is 41.9 Å². The van der Waals surface area contributed by atoms with Gasteiger partial charge in [0.05, 0.1) is 13.7 Å². The lowest BCUT2D eigenvalue weighted by Crippen LogP contribution is -2.35. The molecular formula is C22H28FNO3. The summed E-state index contributed by atoms with van der Waals surface area (Å²) >= 11 is 0. The molecule has 0 spiro atoms. The highest BCUT2D eigenvalue weighted by Gasteiger charge is 2.19. The van der Waals surface area contributed by atoms with E-state index in [0.29, 0.717) is 18.3 Å². The molecule has 5 heteroatoms. The number of halogens is 1. The second-order valence-corrected chi connectivity index (χ2v) is 7.13. The Bertz CT molecular complexity index is 712. The highest BCUT2D eigenvalue weighted by atomic mass is 19.1. The Morgan fingerprint density at radius 2 is 1.85 bits per heavy atom. The number of hydrogen-bond acceptors (Lipinski definition) is 4. The largest absolute Gasteiger partial charge is 0.504 e. The van der Waals surface area contributed by atoms with Gasteiger partial charge in [0, 0.05) is 6.54 Å². The Morgan fingerprint density at radius 3 is 2.56 bits per heavy atom. The van der Waals surface area contributed by atoms with E-state index in [1.54, 1.807) is 25.3 Å². The van der Waals surface area contributed by atoms with E-state index in [1.807, 2.05) is 12.1 Å². The summed E-state index contributed by atoms with van der Waals surface area (Å²) < 4.78 is 23.8. The minimum atomic E-state index is -0.236. The van der Waals surface area contributed by atoms with Crippen LogP contribution >= 0.6 is 0 Å². The summed E-state index contributed by atoms with van der Waals surface area (Å²) in [5.41, 5.74) is 1.18. The first-order valence-corrected chi connectivity index (χ1v) is 9.60. The number of ether oxygens (including phenoxy) is 2. The second kappa shape index (κ2) is 9.60. The van der Waals surface area contributed by atoms with E-state index in [9.17, 15) is 9.50 Å². The Morgan fingerprint density at radius 1 is 1.11 bits per heavy atom. The van der Waals surface area contributed by atoms with E-state index >= 15 is 0 Å². The lowest BCUT2D eigenvalue weighted by Gasteiger charge is -2.32. The third kappa shape index (κ3) is 5.86. The fraction of sp³-hybridized carbons (Fsp3) is 0.455. The number of hydrogen-bond donors (Lipinski definition) is 1. The molecule has 27 heavy (non-hydrogen) atoms. The lowest BCUT2D eigenvalue weighted by molar-refractivity contribution is 0.164. The van der Waals surface area contributed by atoms with Gasteiger partial charge in [0.1, 0.15) is 11.6 Å². The van der Waals surface area contributed by atoms with Crippen molar-refractivity contribution < 1.29 is 19.0 Å². The van der Waals surface area contributed by atoms with Crippen LogP contribution in [0.25, 0.3) is 0 Å². The van der Waals surface area contributed by atoms with E-state index in [0.717, 1.165) is 38.2 Å². The van der Waals surface area contributed by atoms with Gasteiger partial charge in [-0.2, -0.15) is 0 Å². The molecule has 1 N–H and O–H groups in total. The van der Waals surface area contributed by atoms with E-state index in [1.165, 1.54) is 30.5 Å². The molecule has 0 amide bonds. The molecule has 0 atom stereocenters. The first kappa shape index (κ1) is 19.5. The average molecular weight is 373 g/mol. The zero-order valence-electron chi connectivity index (χ0n) is 15.9. The Hall–Kier alpha value is -2.27. The van der Waals surface area contributed by atoms with Crippen molar-refractivity contribution >= 4 is 0 Å². The molecule has 0 aliphatic carbocycles.